The Labute approximate surface area is 159 Å². The molecule has 0 fully saturated rings. The molecule has 1 unspecified atom stereocenters. The highest BCUT2D eigenvalue weighted by Gasteiger charge is 2.40. The minimum Gasteiger partial charge on any atom is -0.489 e. The van der Waals surface area contributed by atoms with Crippen molar-refractivity contribution in [2.45, 2.75) is 78.0 Å². The van der Waals surface area contributed by atoms with E-state index in [0.29, 0.717) is 5.58 Å². The van der Waals surface area contributed by atoms with E-state index in [0.717, 1.165) is 59.3 Å². The average molecular weight is 371 g/mol. The van der Waals surface area contributed by atoms with Gasteiger partial charge in [-0.1, -0.05) is 20.3 Å². The number of hydrogen-bond donors (Lipinski definition) is 1. The maximum atomic E-state index is 12.3. The van der Waals surface area contributed by atoms with E-state index in [2.05, 4.69) is 27.7 Å². The van der Waals surface area contributed by atoms with Gasteiger partial charge in [-0.3, -0.25) is 0 Å². The molecule has 2 aliphatic rings. The molecule has 1 aromatic heterocycles. The number of aryl methyl sites for hydroxylation is 1. The lowest BCUT2D eigenvalue weighted by atomic mass is 9.82. The predicted octanol–water partition coefficient (Wildman–Crippen LogP) is 4.27. The molecule has 146 valence electrons. The molecule has 0 bridgehead atoms. The van der Waals surface area contributed by atoms with Crippen molar-refractivity contribution in [3.63, 3.8) is 0 Å². The number of rotatable bonds is 2. The molecule has 4 rings (SSSR count). The number of benzene rings is 1. The largest absolute Gasteiger partial charge is 0.489 e. The summed E-state index contributed by atoms with van der Waals surface area (Å²) in [6.07, 6.45) is 3.48. The van der Waals surface area contributed by atoms with Crippen molar-refractivity contribution in [2.75, 3.05) is 0 Å². The van der Waals surface area contributed by atoms with Crippen molar-refractivity contribution in [3.05, 3.63) is 33.2 Å². The third kappa shape index (κ3) is 2.83. The van der Waals surface area contributed by atoms with E-state index in [-0.39, 0.29) is 29.3 Å². The minimum absolute atomic E-state index is 0.00506. The molecular weight excluding hydrogens is 342 g/mol. The molecule has 5 heteroatoms. The lowest BCUT2D eigenvalue weighted by Crippen LogP contribution is -2.38. The van der Waals surface area contributed by atoms with Gasteiger partial charge in [-0.05, 0) is 45.6 Å². The second-order valence-corrected chi connectivity index (χ2v) is 8.66. The van der Waals surface area contributed by atoms with E-state index in [1.165, 1.54) is 0 Å². The molecule has 2 aromatic rings. The van der Waals surface area contributed by atoms with Gasteiger partial charge in [0.15, 0.2) is 5.58 Å². The van der Waals surface area contributed by atoms with Crippen LogP contribution in [0, 0.1) is 5.92 Å². The third-order valence-corrected chi connectivity index (χ3v) is 6.13. The van der Waals surface area contributed by atoms with E-state index in [1.807, 2.05) is 6.92 Å². The first-order valence-corrected chi connectivity index (χ1v) is 10.00. The highest BCUT2D eigenvalue weighted by atomic mass is 16.5. The summed E-state index contributed by atoms with van der Waals surface area (Å²) in [6, 6.07) is 1.36. The SMILES string of the molecule is CCCc1cc(=O)oc2c3c(c4c(c12)OC(C)(C)CC4)O[C@H](C)[C@@H](C)C3N. The van der Waals surface area contributed by atoms with E-state index in [4.69, 9.17) is 19.6 Å². The highest BCUT2D eigenvalue weighted by Crippen LogP contribution is 2.52. The average Bonchev–Trinajstić information content (AvgIpc) is 2.58. The maximum Gasteiger partial charge on any atom is 0.336 e. The first kappa shape index (κ1) is 18.4. The van der Waals surface area contributed by atoms with E-state index in [9.17, 15) is 4.79 Å². The van der Waals surface area contributed by atoms with Gasteiger partial charge in [0.05, 0.1) is 10.9 Å². The molecular formula is C22H29NO4. The Morgan fingerprint density at radius 1 is 1.26 bits per heavy atom. The topological polar surface area (TPSA) is 74.7 Å². The summed E-state index contributed by atoms with van der Waals surface area (Å²) in [5, 5.41) is 0.902. The van der Waals surface area contributed by atoms with Crippen LogP contribution in [0.2, 0.25) is 0 Å². The molecule has 5 nitrogen and oxygen atoms in total. The van der Waals surface area contributed by atoms with Crippen molar-refractivity contribution in [2.24, 2.45) is 11.7 Å². The fourth-order valence-corrected chi connectivity index (χ4v) is 4.34. The first-order valence-electron chi connectivity index (χ1n) is 10.00. The van der Waals surface area contributed by atoms with E-state index < -0.39 is 0 Å². The van der Waals surface area contributed by atoms with Crippen LogP contribution in [-0.2, 0) is 12.8 Å². The van der Waals surface area contributed by atoms with Crippen LogP contribution in [0.15, 0.2) is 15.3 Å². The Kier molecular flexibility index (Phi) is 4.26. The second kappa shape index (κ2) is 6.26. The fourth-order valence-electron chi connectivity index (χ4n) is 4.34. The van der Waals surface area contributed by atoms with Crippen LogP contribution < -0.4 is 20.8 Å². The Balaban J connectivity index is 2.14. The third-order valence-electron chi connectivity index (χ3n) is 6.13. The van der Waals surface area contributed by atoms with Crippen LogP contribution in [0.4, 0.5) is 0 Å². The van der Waals surface area contributed by atoms with Crippen LogP contribution in [0.1, 0.15) is 70.2 Å². The van der Waals surface area contributed by atoms with Crippen molar-refractivity contribution >= 4 is 11.0 Å². The molecule has 0 spiro atoms. The summed E-state index contributed by atoms with van der Waals surface area (Å²) in [7, 11) is 0. The molecule has 1 aromatic carbocycles. The van der Waals surface area contributed by atoms with Gasteiger partial charge in [-0.15, -0.1) is 0 Å². The summed E-state index contributed by atoms with van der Waals surface area (Å²) < 4.78 is 18.5. The van der Waals surface area contributed by atoms with Crippen LogP contribution in [0.3, 0.4) is 0 Å². The molecule has 2 aliphatic heterocycles. The Morgan fingerprint density at radius 2 is 2.00 bits per heavy atom. The molecule has 3 atom stereocenters. The summed E-state index contributed by atoms with van der Waals surface area (Å²) in [4.78, 5) is 12.3. The summed E-state index contributed by atoms with van der Waals surface area (Å²) in [5.41, 5.74) is 9.41. The van der Waals surface area contributed by atoms with Crippen molar-refractivity contribution < 1.29 is 13.9 Å². The van der Waals surface area contributed by atoms with Crippen LogP contribution in [-0.4, -0.2) is 11.7 Å². The number of fused-ring (bicyclic) bond motifs is 6. The standard InChI is InChI=1S/C22H29NO4/c1-6-7-13-10-15(24)26-21-16(13)20-14(8-9-22(4,5)27-20)19-17(21)18(23)11(2)12(3)25-19/h10-12,18H,6-9,23H2,1-5H3/t11-,12-,18?/m1/s1. The number of nitrogens with two attached hydrogens (primary N) is 1. The van der Waals surface area contributed by atoms with Gasteiger partial charge >= 0.3 is 5.63 Å². The first-order chi connectivity index (χ1) is 12.7. The van der Waals surface area contributed by atoms with Gasteiger partial charge in [0, 0.05) is 23.6 Å². The molecule has 0 aliphatic carbocycles. The molecule has 0 saturated heterocycles. The zero-order chi connectivity index (χ0) is 19.5. The molecule has 0 amide bonds. The number of ether oxygens (including phenoxy) is 2. The predicted molar refractivity (Wildman–Crippen MR) is 106 cm³/mol. The van der Waals surface area contributed by atoms with Gasteiger partial charge in [-0.2, -0.15) is 0 Å². The minimum atomic E-state index is -0.346. The van der Waals surface area contributed by atoms with Crippen LogP contribution in [0.25, 0.3) is 11.0 Å². The molecule has 27 heavy (non-hydrogen) atoms. The lowest BCUT2D eigenvalue weighted by Gasteiger charge is -2.40. The second-order valence-electron chi connectivity index (χ2n) is 8.66. The van der Waals surface area contributed by atoms with E-state index >= 15 is 0 Å². The summed E-state index contributed by atoms with van der Waals surface area (Å²) in [5.74, 6) is 1.70. The summed E-state index contributed by atoms with van der Waals surface area (Å²) >= 11 is 0. The normalized spacial score (nSPS) is 26.1. The van der Waals surface area contributed by atoms with Crippen LogP contribution >= 0.6 is 0 Å². The van der Waals surface area contributed by atoms with Crippen molar-refractivity contribution in [1.29, 1.82) is 0 Å². The monoisotopic (exact) mass is 371 g/mol. The quantitative estimate of drug-likeness (QED) is 0.798. The Morgan fingerprint density at radius 3 is 2.70 bits per heavy atom. The Hall–Kier alpha value is -2.01. The Bertz CT molecular complexity index is 959. The van der Waals surface area contributed by atoms with Crippen molar-refractivity contribution in [1.82, 2.24) is 0 Å². The molecule has 2 N–H and O–H groups in total. The van der Waals surface area contributed by atoms with Gasteiger partial charge in [0.1, 0.15) is 23.2 Å². The lowest BCUT2D eigenvalue weighted by molar-refractivity contribution is 0.0789. The van der Waals surface area contributed by atoms with Gasteiger partial charge < -0.3 is 19.6 Å². The highest BCUT2D eigenvalue weighted by molar-refractivity contribution is 5.94. The van der Waals surface area contributed by atoms with Crippen LogP contribution in [0.5, 0.6) is 11.5 Å². The number of hydrogen-bond acceptors (Lipinski definition) is 5. The maximum absolute atomic E-state index is 12.3. The molecule has 3 heterocycles. The van der Waals surface area contributed by atoms with Gasteiger partial charge in [0.2, 0.25) is 0 Å². The van der Waals surface area contributed by atoms with E-state index in [1.54, 1.807) is 6.07 Å². The van der Waals surface area contributed by atoms with Gasteiger partial charge in [-0.25, -0.2) is 4.79 Å². The van der Waals surface area contributed by atoms with Gasteiger partial charge in [0.25, 0.3) is 0 Å². The molecule has 0 saturated carbocycles. The molecule has 0 radical (unpaired) electrons. The zero-order valence-electron chi connectivity index (χ0n) is 16.8. The summed E-state index contributed by atoms with van der Waals surface area (Å²) in [6.45, 7) is 10.4. The zero-order valence-corrected chi connectivity index (χ0v) is 16.8. The smallest absolute Gasteiger partial charge is 0.336 e. The van der Waals surface area contributed by atoms with Crippen molar-refractivity contribution in [3.8, 4) is 11.5 Å². The fraction of sp³-hybridized carbons (Fsp3) is 0.591.